The van der Waals surface area contributed by atoms with Crippen molar-refractivity contribution >= 4 is 57.2 Å². The summed E-state index contributed by atoms with van der Waals surface area (Å²) >= 11 is 7.58. The van der Waals surface area contributed by atoms with Crippen molar-refractivity contribution in [3.05, 3.63) is 58.6 Å². The minimum Gasteiger partial charge on any atom is -0.325 e. The van der Waals surface area contributed by atoms with Gasteiger partial charge >= 0.3 is 0 Å². The van der Waals surface area contributed by atoms with Gasteiger partial charge in [0, 0.05) is 16.3 Å². The number of aliphatic imine (C=N–C) groups is 2. The second-order valence-corrected chi connectivity index (χ2v) is 10.2. The van der Waals surface area contributed by atoms with Crippen LogP contribution in [0.25, 0.3) is 0 Å². The largest absolute Gasteiger partial charge is 0.325 e. The van der Waals surface area contributed by atoms with Crippen LogP contribution in [0.15, 0.2) is 52.4 Å². The number of carbonyl (C=O) groups excluding carboxylic acids is 2. The molecule has 0 aliphatic carbocycles. The normalized spacial score (nSPS) is 20.9. The van der Waals surface area contributed by atoms with Crippen LogP contribution in [0.4, 0.5) is 11.4 Å². The first-order valence-corrected chi connectivity index (χ1v) is 12.6. The number of hydrogen-bond acceptors (Lipinski definition) is 5. The van der Waals surface area contributed by atoms with Gasteiger partial charge in [-0.1, -0.05) is 74.8 Å². The molecule has 1 N–H and O–H groups in total. The van der Waals surface area contributed by atoms with E-state index in [0.717, 1.165) is 28.9 Å². The number of amides is 1. The van der Waals surface area contributed by atoms with Gasteiger partial charge in [0.15, 0.2) is 5.78 Å². The predicted octanol–water partition coefficient (Wildman–Crippen LogP) is 6.25. The zero-order valence-electron chi connectivity index (χ0n) is 19.3. The number of para-hydroxylation sites is 1. The van der Waals surface area contributed by atoms with E-state index in [-0.39, 0.29) is 23.7 Å². The number of anilines is 1. The van der Waals surface area contributed by atoms with Gasteiger partial charge in [0.25, 0.3) is 0 Å². The first-order valence-electron chi connectivity index (χ1n) is 11.4. The highest BCUT2D eigenvalue weighted by atomic mass is 35.5. The van der Waals surface area contributed by atoms with Crippen molar-refractivity contribution in [1.29, 1.82) is 0 Å². The van der Waals surface area contributed by atoms with Crippen molar-refractivity contribution in [2.24, 2.45) is 21.8 Å². The second-order valence-electron chi connectivity index (χ2n) is 8.62. The van der Waals surface area contributed by atoms with E-state index < -0.39 is 11.2 Å². The monoisotopic (exact) mass is 481 g/mol. The fraction of sp³-hybridized carbons (Fsp3) is 0.385. The standard InChI is InChI=1S/C26H28ClN3O2S/c1-5-14(3)22-24(31)21-23(30-22)17-9-7-8-10-19(17)29-26(21)33-20(6-2)25(32)28-16-12-11-15(4)18(27)13-16/h7-14,20-22H,5-6H2,1-4H3,(H,28,32). The summed E-state index contributed by atoms with van der Waals surface area (Å²) in [5.41, 5.74) is 4.11. The third-order valence-electron chi connectivity index (χ3n) is 6.33. The Labute approximate surface area is 204 Å². The fourth-order valence-electron chi connectivity index (χ4n) is 4.11. The van der Waals surface area contributed by atoms with Crippen LogP contribution >= 0.6 is 23.4 Å². The van der Waals surface area contributed by atoms with Gasteiger partial charge < -0.3 is 5.32 Å². The van der Waals surface area contributed by atoms with Gasteiger partial charge in [-0.15, -0.1) is 0 Å². The smallest absolute Gasteiger partial charge is 0.237 e. The van der Waals surface area contributed by atoms with Crippen molar-refractivity contribution in [3.8, 4) is 0 Å². The number of ketones is 1. The fourth-order valence-corrected chi connectivity index (χ4v) is 5.43. The summed E-state index contributed by atoms with van der Waals surface area (Å²) in [4.78, 5) is 36.3. The zero-order chi connectivity index (χ0) is 23.7. The molecule has 0 radical (unpaired) electrons. The number of nitrogens with one attached hydrogen (secondary N) is 1. The number of rotatable bonds is 6. The molecule has 7 heteroatoms. The van der Waals surface area contributed by atoms with Crippen LogP contribution in [0.3, 0.4) is 0 Å². The molecular formula is C26H28ClN3O2S. The molecule has 0 saturated carbocycles. The molecule has 4 atom stereocenters. The van der Waals surface area contributed by atoms with Crippen LogP contribution in [-0.4, -0.2) is 33.7 Å². The van der Waals surface area contributed by atoms with E-state index in [9.17, 15) is 9.59 Å². The van der Waals surface area contributed by atoms with Crippen LogP contribution in [-0.2, 0) is 9.59 Å². The SMILES string of the molecule is CCC(SC1=Nc2ccccc2C2=NC(C(C)CC)C(=O)C12)C(=O)Nc1ccc(C)c(Cl)c1. The summed E-state index contributed by atoms with van der Waals surface area (Å²) in [7, 11) is 0. The Morgan fingerprint density at radius 1 is 1.18 bits per heavy atom. The van der Waals surface area contributed by atoms with Gasteiger partial charge in [0.2, 0.25) is 5.91 Å². The number of nitrogens with zero attached hydrogens (tertiary/aromatic N) is 2. The van der Waals surface area contributed by atoms with Gasteiger partial charge in [-0.05, 0) is 43.0 Å². The third kappa shape index (κ3) is 4.64. The summed E-state index contributed by atoms with van der Waals surface area (Å²) in [6.45, 7) is 8.02. The van der Waals surface area contributed by atoms with E-state index in [4.69, 9.17) is 21.6 Å². The first-order chi connectivity index (χ1) is 15.8. The summed E-state index contributed by atoms with van der Waals surface area (Å²) in [6.07, 6.45) is 1.47. The van der Waals surface area contributed by atoms with Crippen molar-refractivity contribution in [2.75, 3.05) is 5.32 Å². The maximum Gasteiger partial charge on any atom is 0.237 e. The average Bonchev–Trinajstić information content (AvgIpc) is 3.17. The number of benzene rings is 2. The van der Waals surface area contributed by atoms with Gasteiger partial charge in [-0.3, -0.25) is 14.6 Å². The molecule has 2 heterocycles. The molecule has 2 aliphatic rings. The first kappa shape index (κ1) is 23.7. The Balaban J connectivity index is 1.62. The minimum absolute atomic E-state index is 0.0840. The molecule has 5 nitrogen and oxygen atoms in total. The van der Waals surface area contributed by atoms with Gasteiger partial charge in [-0.25, -0.2) is 4.99 Å². The van der Waals surface area contributed by atoms with Crippen LogP contribution < -0.4 is 5.32 Å². The maximum atomic E-state index is 13.4. The summed E-state index contributed by atoms with van der Waals surface area (Å²) < 4.78 is 0. The topological polar surface area (TPSA) is 70.9 Å². The van der Waals surface area contributed by atoms with Gasteiger partial charge in [0.05, 0.1) is 21.7 Å². The van der Waals surface area contributed by atoms with Gasteiger partial charge in [-0.2, -0.15) is 0 Å². The number of Topliss-reactive ketones (excluding diaryl/α,β-unsaturated/α-hetero) is 1. The lowest BCUT2D eigenvalue weighted by Crippen LogP contribution is -2.36. The average molecular weight is 482 g/mol. The highest BCUT2D eigenvalue weighted by Crippen LogP contribution is 2.40. The number of halogens is 1. The molecule has 172 valence electrons. The quantitative estimate of drug-likeness (QED) is 0.530. The molecule has 0 spiro atoms. The minimum atomic E-state index is -0.500. The third-order valence-corrected chi connectivity index (χ3v) is 8.14. The summed E-state index contributed by atoms with van der Waals surface area (Å²) in [5.74, 6) is -0.391. The number of thioether (sulfide) groups is 1. The molecule has 4 unspecified atom stereocenters. The number of carbonyl (C=O) groups is 2. The molecular weight excluding hydrogens is 454 g/mol. The van der Waals surface area contributed by atoms with E-state index in [1.54, 1.807) is 6.07 Å². The Bertz CT molecular complexity index is 1160. The Kier molecular flexibility index (Phi) is 7.05. The molecule has 0 fully saturated rings. The molecule has 33 heavy (non-hydrogen) atoms. The molecule has 2 aromatic rings. The molecule has 0 aromatic heterocycles. The van der Waals surface area contributed by atoms with E-state index in [0.29, 0.717) is 22.2 Å². The molecule has 0 saturated heterocycles. The van der Waals surface area contributed by atoms with Crippen LogP contribution in [0.1, 0.15) is 44.7 Å². The van der Waals surface area contributed by atoms with Crippen LogP contribution in [0, 0.1) is 18.8 Å². The lowest BCUT2D eigenvalue weighted by atomic mass is 9.88. The summed E-state index contributed by atoms with van der Waals surface area (Å²) in [6, 6.07) is 12.9. The molecule has 4 rings (SSSR count). The molecule has 0 bridgehead atoms. The van der Waals surface area contributed by atoms with Crippen LogP contribution in [0.5, 0.6) is 0 Å². The zero-order valence-corrected chi connectivity index (χ0v) is 20.8. The van der Waals surface area contributed by atoms with E-state index in [2.05, 4.69) is 19.2 Å². The van der Waals surface area contributed by atoms with Crippen molar-refractivity contribution in [3.63, 3.8) is 0 Å². The van der Waals surface area contributed by atoms with Crippen molar-refractivity contribution < 1.29 is 9.59 Å². The second kappa shape index (κ2) is 9.82. The summed E-state index contributed by atoms with van der Waals surface area (Å²) in [5, 5.41) is 3.83. The van der Waals surface area contributed by atoms with E-state index in [1.165, 1.54) is 11.8 Å². The van der Waals surface area contributed by atoms with Crippen LogP contribution in [0.2, 0.25) is 5.02 Å². The number of hydrogen-bond donors (Lipinski definition) is 1. The highest BCUT2D eigenvalue weighted by molar-refractivity contribution is 8.15. The highest BCUT2D eigenvalue weighted by Gasteiger charge is 2.46. The molecule has 2 aliphatic heterocycles. The number of fused-ring (bicyclic) bond motifs is 3. The van der Waals surface area contributed by atoms with E-state index in [1.807, 2.05) is 50.2 Å². The Hall–Kier alpha value is -2.44. The lowest BCUT2D eigenvalue weighted by molar-refractivity contribution is -0.120. The molecule has 1 amide bonds. The lowest BCUT2D eigenvalue weighted by Gasteiger charge is -2.24. The maximum absolute atomic E-state index is 13.4. The predicted molar refractivity (Wildman–Crippen MR) is 138 cm³/mol. The Morgan fingerprint density at radius 2 is 1.94 bits per heavy atom. The molecule has 2 aromatic carbocycles. The van der Waals surface area contributed by atoms with Crippen molar-refractivity contribution in [2.45, 2.75) is 51.8 Å². The van der Waals surface area contributed by atoms with E-state index >= 15 is 0 Å². The van der Waals surface area contributed by atoms with Gasteiger partial charge in [0.1, 0.15) is 12.0 Å². The Morgan fingerprint density at radius 3 is 2.64 bits per heavy atom. The van der Waals surface area contributed by atoms with Crippen molar-refractivity contribution in [1.82, 2.24) is 0 Å². The number of aryl methyl sites for hydroxylation is 1.